The van der Waals surface area contributed by atoms with Crippen LogP contribution in [0.1, 0.15) is 11.1 Å². The van der Waals surface area contributed by atoms with Crippen LogP contribution in [0.3, 0.4) is 0 Å². The number of sulfonamides is 1. The lowest BCUT2D eigenvalue weighted by Crippen LogP contribution is -2.24. The van der Waals surface area contributed by atoms with Gasteiger partial charge in [0.15, 0.2) is 0 Å². The number of hydrogen-bond donors (Lipinski definition) is 1. The van der Waals surface area contributed by atoms with Crippen LogP contribution in [0.4, 0.5) is 8.78 Å². The largest absolute Gasteiger partial charge is 0.249 e. The minimum absolute atomic E-state index is 0.0225. The molecule has 0 fully saturated rings. The molecule has 0 atom stereocenters. The third-order valence-corrected chi connectivity index (χ3v) is 4.90. The van der Waals surface area contributed by atoms with Crippen LogP contribution in [0, 0.1) is 11.6 Å². The summed E-state index contributed by atoms with van der Waals surface area (Å²) in [6.07, 6.45) is 2.96. The Bertz CT molecular complexity index is 955. The van der Waals surface area contributed by atoms with Gasteiger partial charge in [-0.2, -0.15) is 5.10 Å². The molecule has 0 radical (unpaired) electrons. The molecule has 2 aromatic carbocycles. The zero-order valence-corrected chi connectivity index (χ0v) is 13.7. The fraction of sp³-hybridized carbons (Fsp3) is 0.125. The molecule has 0 unspecified atom stereocenters. The zero-order chi connectivity index (χ0) is 17.9. The van der Waals surface area contributed by atoms with E-state index in [1.165, 1.54) is 6.33 Å². The molecule has 0 aliphatic heterocycles. The lowest BCUT2D eigenvalue weighted by atomic mass is 10.1. The molecule has 25 heavy (non-hydrogen) atoms. The van der Waals surface area contributed by atoms with Crippen molar-refractivity contribution in [1.29, 1.82) is 0 Å². The fourth-order valence-electron chi connectivity index (χ4n) is 2.31. The number of benzene rings is 2. The van der Waals surface area contributed by atoms with E-state index in [1.54, 1.807) is 23.1 Å². The predicted octanol–water partition coefficient (Wildman–Crippen LogP) is 2.08. The standard InChI is InChI=1S/C16H14F2N4O2S/c17-14-5-15(18)7-16(6-14)25(23,24)21-8-12-3-1-2-4-13(12)9-22-11-19-10-20-22/h1-7,10-11,21H,8-9H2. The summed E-state index contributed by atoms with van der Waals surface area (Å²) in [5.41, 5.74) is 1.57. The van der Waals surface area contributed by atoms with Gasteiger partial charge in [0.2, 0.25) is 10.0 Å². The van der Waals surface area contributed by atoms with Gasteiger partial charge < -0.3 is 0 Å². The summed E-state index contributed by atoms with van der Waals surface area (Å²) in [4.78, 5) is 3.40. The first-order valence-electron chi connectivity index (χ1n) is 7.29. The zero-order valence-electron chi connectivity index (χ0n) is 12.9. The highest BCUT2D eigenvalue weighted by atomic mass is 32.2. The summed E-state index contributed by atoms with van der Waals surface area (Å²) in [6, 6.07) is 9.36. The monoisotopic (exact) mass is 364 g/mol. The topological polar surface area (TPSA) is 76.9 Å². The average Bonchev–Trinajstić information content (AvgIpc) is 3.06. The molecular formula is C16H14F2N4O2S. The normalized spacial score (nSPS) is 11.6. The second-order valence-corrected chi connectivity index (χ2v) is 7.06. The smallest absolute Gasteiger partial charge is 0.241 e. The van der Waals surface area contributed by atoms with Gasteiger partial charge in [-0.15, -0.1) is 0 Å². The SMILES string of the molecule is O=S(=O)(NCc1ccccc1Cn1cncn1)c1cc(F)cc(F)c1. The van der Waals surface area contributed by atoms with Crippen molar-refractivity contribution in [2.75, 3.05) is 0 Å². The number of nitrogens with one attached hydrogen (secondary N) is 1. The van der Waals surface area contributed by atoms with Gasteiger partial charge in [0, 0.05) is 12.6 Å². The van der Waals surface area contributed by atoms with Crippen LogP contribution in [0.15, 0.2) is 60.0 Å². The average molecular weight is 364 g/mol. The first-order valence-corrected chi connectivity index (χ1v) is 8.77. The van der Waals surface area contributed by atoms with E-state index in [9.17, 15) is 17.2 Å². The first-order chi connectivity index (χ1) is 11.9. The third-order valence-electron chi connectivity index (χ3n) is 3.52. The second kappa shape index (κ2) is 7.08. The molecule has 0 saturated carbocycles. The van der Waals surface area contributed by atoms with Crippen LogP contribution < -0.4 is 4.72 Å². The lowest BCUT2D eigenvalue weighted by molar-refractivity contribution is 0.561. The van der Waals surface area contributed by atoms with Crippen molar-refractivity contribution >= 4 is 10.0 Å². The summed E-state index contributed by atoms with van der Waals surface area (Å²) < 4.78 is 55.0. The number of hydrogen-bond acceptors (Lipinski definition) is 4. The first kappa shape index (κ1) is 17.2. The number of rotatable bonds is 6. The van der Waals surface area contributed by atoms with Gasteiger partial charge in [-0.1, -0.05) is 24.3 Å². The van der Waals surface area contributed by atoms with Crippen molar-refractivity contribution in [2.24, 2.45) is 0 Å². The Morgan fingerprint density at radius 3 is 2.36 bits per heavy atom. The molecule has 1 aromatic heterocycles. The van der Waals surface area contributed by atoms with Crippen LogP contribution in [-0.2, 0) is 23.1 Å². The summed E-state index contributed by atoms with van der Waals surface area (Å²) >= 11 is 0. The van der Waals surface area contributed by atoms with Crippen LogP contribution in [0.25, 0.3) is 0 Å². The Morgan fingerprint density at radius 1 is 1.04 bits per heavy atom. The quantitative estimate of drug-likeness (QED) is 0.727. The van der Waals surface area contributed by atoms with Gasteiger partial charge in [-0.25, -0.2) is 31.6 Å². The van der Waals surface area contributed by atoms with E-state index in [4.69, 9.17) is 0 Å². The van der Waals surface area contributed by atoms with Crippen molar-refractivity contribution < 1.29 is 17.2 Å². The highest BCUT2D eigenvalue weighted by Gasteiger charge is 2.17. The van der Waals surface area contributed by atoms with Crippen LogP contribution in [-0.4, -0.2) is 23.2 Å². The predicted molar refractivity (Wildman–Crippen MR) is 85.9 cm³/mol. The maximum Gasteiger partial charge on any atom is 0.241 e. The Hall–Kier alpha value is -2.65. The Morgan fingerprint density at radius 2 is 1.72 bits per heavy atom. The van der Waals surface area contributed by atoms with E-state index < -0.39 is 26.6 Å². The van der Waals surface area contributed by atoms with E-state index in [-0.39, 0.29) is 6.54 Å². The van der Waals surface area contributed by atoms with E-state index in [0.29, 0.717) is 12.6 Å². The van der Waals surface area contributed by atoms with Gasteiger partial charge in [-0.3, -0.25) is 0 Å². The van der Waals surface area contributed by atoms with Gasteiger partial charge in [0.25, 0.3) is 0 Å². The van der Waals surface area contributed by atoms with Crippen molar-refractivity contribution in [3.05, 3.63) is 77.9 Å². The molecule has 1 N–H and O–H groups in total. The van der Waals surface area contributed by atoms with Gasteiger partial charge in [0.1, 0.15) is 24.3 Å². The second-order valence-electron chi connectivity index (χ2n) is 5.29. The van der Waals surface area contributed by atoms with Crippen LogP contribution >= 0.6 is 0 Å². The Kier molecular flexibility index (Phi) is 4.86. The minimum Gasteiger partial charge on any atom is -0.249 e. The van der Waals surface area contributed by atoms with Gasteiger partial charge >= 0.3 is 0 Å². The van der Waals surface area contributed by atoms with Crippen LogP contribution in [0.5, 0.6) is 0 Å². The molecule has 0 spiro atoms. The van der Waals surface area contributed by atoms with Crippen molar-refractivity contribution in [3.8, 4) is 0 Å². The number of aromatic nitrogens is 3. The van der Waals surface area contributed by atoms with E-state index in [1.807, 2.05) is 12.1 Å². The van der Waals surface area contributed by atoms with E-state index in [2.05, 4.69) is 14.8 Å². The van der Waals surface area contributed by atoms with Gasteiger partial charge in [0.05, 0.1) is 11.4 Å². The van der Waals surface area contributed by atoms with Crippen molar-refractivity contribution in [3.63, 3.8) is 0 Å². The van der Waals surface area contributed by atoms with Crippen molar-refractivity contribution in [1.82, 2.24) is 19.5 Å². The molecule has 6 nitrogen and oxygen atoms in total. The highest BCUT2D eigenvalue weighted by Crippen LogP contribution is 2.15. The molecule has 1 heterocycles. The molecule has 0 amide bonds. The Balaban J connectivity index is 1.79. The molecular weight excluding hydrogens is 350 g/mol. The van der Waals surface area contributed by atoms with Gasteiger partial charge in [-0.05, 0) is 23.3 Å². The molecule has 130 valence electrons. The van der Waals surface area contributed by atoms with E-state index in [0.717, 1.165) is 23.3 Å². The minimum atomic E-state index is -4.05. The molecule has 0 bridgehead atoms. The lowest BCUT2D eigenvalue weighted by Gasteiger charge is -2.11. The summed E-state index contributed by atoms with van der Waals surface area (Å²) in [5, 5.41) is 4.01. The summed E-state index contributed by atoms with van der Waals surface area (Å²) in [5.74, 6) is -1.90. The Labute approximate surface area is 143 Å². The molecule has 9 heteroatoms. The number of nitrogens with zero attached hydrogens (tertiary/aromatic N) is 3. The molecule has 0 aliphatic rings. The fourth-order valence-corrected chi connectivity index (χ4v) is 3.36. The van der Waals surface area contributed by atoms with E-state index >= 15 is 0 Å². The molecule has 3 rings (SSSR count). The van der Waals surface area contributed by atoms with Crippen LogP contribution in [0.2, 0.25) is 0 Å². The maximum absolute atomic E-state index is 13.2. The molecule has 3 aromatic rings. The third kappa shape index (κ3) is 4.25. The molecule has 0 aliphatic carbocycles. The molecule has 0 saturated heterocycles. The van der Waals surface area contributed by atoms with Crippen molar-refractivity contribution in [2.45, 2.75) is 18.0 Å². The maximum atomic E-state index is 13.2. The number of halogens is 2. The summed E-state index contributed by atoms with van der Waals surface area (Å²) in [6.45, 7) is 0.401. The highest BCUT2D eigenvalue weighted by molar-refractivity contribution is 7.89. The summed E-state index contributed by atoms with van der Waals surface area (Å²) in [7, 11) is -4.05.